The van der Waals surface area contributed by atoms with E-state index >= 15 is 0 Å². The number of anilines is 1. The number of fused-ring (bicyclic) bond motifs is 1. The highest BCUT2D eigenvalue weighted by Gasteiger charge is 2.23. The van der Waals surface area contributed by atoms with Crippen LogP contribution < -0.4 is 10.4 Å². The van der Waals surface area contributed by atoms with Gasteiger partial charge in [0.2, 0.25) is 5.95 Å². The van der Waals surface area contributed by atoms with Crippen molar-refractivity contribution in [3.63, 3.8) is 0 Å². The van der Waals surface area contributed by atoms with E-state index in [-0.39, 0.29) is 0 Å². The van der Waals surface area contributed by atoms with Gasteiger partial charge in [-0.2, -0.15) is 0 Å². The van der Waals surface area contributed by atoms with Crippen molar-refractivity contribution in [3.8, 4) is 0 Å². The Kier molecular flexibility index (Phi) is 7.30. The Morgan fingerprint density at radius 3 is 2.64 bits per heavy atom. The van der Waals surface area contributed by atoms with Crippen LogP contribution in [0, 0.1) is 12.8 Å². The summed E-state index contributed by atoms with van der Waals surface area (Å²) in [5, 5.41) is 10.4. The van der Waals surface area contributed by atoms with Crippen molar-refractivity contribution in [3.05, 3.63) is 60.1 Å². The van der Waals surface area contributed by atoms with Gasteiger partial charge in [-0.3, -0.25) is 10.7 Å². The fourth-order valence-corrected chi connectivity index (χ4v) is 4.83. The molecule has 0 amide bonds. The Balaban J connectivity index is 1.29. The van der Waals surface area contributed by atoms with Crippen molar-refractivity contribution in [1.82, 2.24) is 24.9 Å². The largest absolute Gasteiger partial charge is 0.350 e. The summed E-state index contributed by atoms with van der Waals surface area (Å²) in [7, 11) is 2.14. The van der Waals surface area contributed by atoms with Gasteiger partial charge in [0.25, 0.3) is 0 Å². The van der Waals surface area contributed by atoms with Crippen LogP contribution in [0.25, 0.3) is 16.6 Å². The van der Waals surface area contributed by atoms with Gasteiger partial charge in [-0.1, -0.05) is 25.1 Å². The van der Waals surface area contributed by atoms with Gasteiger partial charge < -0.3 is 14.4 Å². The molecule has 0 saturated carbocycles. The van der Waals surface area contributed by atoms with E-state index in [1.807, 2.05) is 5.48 Å². The zero-order valence-corrected chi connectivity index (χ0v) is 20.1. The summed E-state index contributed by atoms with van der Waals surface area (Å²) in [6.07, 6.45) is 9.09. The lowest BCUT2D eigenvalue weighted by Crippen LogP contribution is -2.40. The number of nitrogens with one attached hydrogen (secondary N) is 1. The molecule has 4 rings (SSSR count). The maximum Gasteiger partial charge on any atom is 0.225 e. The maximum absolute atomic E-state index is 8.97. The Morgan fingerprint density at radius 1 is 1.24 bits per heavy atom. The smallest absolute Gasteiger partial charge is 0.225 e. The molecule has 0 aliphatic carbocycles. The maximum atomic E-state index is 8.97. The minimum atomic E-state index is 0.401. The topological polar surface area (TPSA) is 69.5 Å². The van der Waals surface area contributed by atoms with Crippen LogP contribution in [0.3, 0.4) is 0 Å². The third-order valence-electron chi connectivity index (χ3n) is 6.91. The van der Waals surface area contributed by atoms with Crippen molar-refractivity contribution in [2.24, 2.45) is 13.0 Å². The molecule has 176 valence electrons. The van der Waals surface area contributed by atoms with Crippen LogP contribution in [0.4, 0.5) is 5.95 Å². The summed E-state index contributed by atoms with van der Waals surface area (Å²) in [6.45, 7) is 13.4. The summed E-state index contributed by atoms with van der Waals surface area (Å²) < 4.78 is 2.25. The number of likely N-dealkylation sites (N-methyl/N-ethyl adjacent to an activating group) is 1. The van der Waals surface area contributed by atoms with Crippen molar-refractivity contribution >= 4 is 22.5 Å². The summed E-state index contributed by atoms with van der Waals surface area (Å²) in [6, 6.07) is 6.75. The molecule has 0 radical (unpaired) electrons. The molecule has 1 saturated heterocycles. The second-order valence-corrected chi connectivity index (χ2v) is 9.22. The second-order valence-electron chi connectivity index (χ2n) is 9.22. The molecular weight excluding hydrogens is 412 g/mol. The molecule has 0 unspecified atom stereocenters. The molecule has 3 aromatic rings. The molecule has 1 aliphatic heterocycles. The quantitative estimate of drug-likeness (QED) is 0.482. The number of aromatic nitrogens is 3. The average Bonchev–Trinajstić information content (AvgIpc) is 3.16. The van der Waals surface area contributed by atoms with Gasteiger partial charge in [-0.05, 0) is 56.3 Å². The van der Waals surface area contributed by atoms with Crippen molar-refractivity contribution < 1.29 is 5.21 Å². The number of hydrogen-bond acceptors (Lipinski definition) is 6. The molecular formula is C26H36N6O. The van der Waals surface area contributed by atoms with Crippen molar-refractivity contribution in [1.29, 1.82) is 0 Å². The molecule has 0 atom stereocenters. The van der Waals surface area contributed by atoms with Crippen molar-refractivity contribution in [2.75, 3.05) is 37.6 Å². The van der Waals surface area contributed by atoms with E-state index in [2.05, 4.69) is 76.2 Å². The predicted octanol–water partition coefficient (Wildman–Crippen LogP) is 4.01. The van der Waals surface area contributed by atoms with Crippen LogP contribution in [-0.4, -0.2) is 57.4 Å². The third kappa shape index (κ3) is 5.37. The van der Waals surface area contributed by atoms with Crippen LogP contribution in [0.15, 0.2) is 43.4 Å². The minimum absolute atomic E-state index is 0.401. The number of hydrogen-bond donors (Lipinski definition) is 2. The molecule has 0 spiro atoms. The van der Waals surface area contributed by atoms with Gasteiger partial charge in [0.05, 0.1) is 5.70 Å². The van der Waals surface area contributed by atoms with Crippen LogP contribution >= 0.6 is 0 Å². The lowest BCUT2D eigenvalue weighted by Gasteiger charge is -2.34. The molecule has 1 fully saturated rings. The van der Waals surface area contributed by atoms with Crippen LogP contribution in [0.1, 0.15) is 36.5 Å². The summed E-state index contributed by atoms with van der Waals surface area (Å²) >= 11 is 0. The zero-order chi connectivity index (χ0) is 23.4. The fourth-order valence-electron chi connectivity index (χ4n) is 4.83. The average molecular weight is 449 g/mol. The molecule has 2 aromatic heterocycles. The van der Waals surface area contributed by atoms with E-state index in [9.17, 15) is 0 Å². The molecule has 7 nitrogen and oxygen atoms in total. The number of nitrogens with zero attached hydrogens (tertiary/aromatic N) is 5. The molecule has 0 bridgehead atoms. The van der Waals surface area contributed by atoms with E-state index in [1.165, 1.54) is 22.0 Å². The van der Waals surface area contributed by atoms with Gasteiger partial charge in [-0.25, -0.2) is 9.97 Å². The molecule has 7 heteroatoms. The number of piperidine rings is 1. The SMILES string of the molecule is C=C(NO)c1cnc(N2CCC(CN(CC)CCc3cn(C)c4ccc(C)cc34)CC2)nc1. The molecule has 2 N–H and O–H groups in total. The van der Waals surface area contributed by atoms with Crippen LogP contribution in [-0.2, 0) is 13.5 Å². The summed E-state index contributed by atoms with van der Waals surface area (Å²) in [5.41, 5.74) is 7.23. The normalized spacial score (nSPS) is 14.9. The zero-order valence-electron chi connectivity index (χ0n) is 20.1. The van der Waals surface area contributed by atoms with Gasteiger partial charge in [-0.15, -0.1) is 0 Å². The third-order valence-corrected chi connectivity index (χ3v) is 6.91. The predicted molar refractivity (Wildman–Crippen MR) is 134 cm³/mol. The van der Waals surface area contributed by atoms with Crippen molar-refractivity contribution in [2.45, 2.75) is 33.1 Å². The van der Waals surface area contributed by atoms with Gasteiger partial charge in [0.15, 0.2) is 0 Å². The Morgan fingerprint density at radius 2 is 1.97 bits per heavy atom. The Labute approximate surface area is 196 Å². The molecule has 3 heterocycles. The van der Waals surface area contributed by atoms with Gasteiger partial charge >= 0.3 is 0 Å². The summed E-state index contributed by atoms with van der Waals surface area (Å²) in [4.78, 5) is 13.8. The highest BCUT2D eigenvalue weighted by molar-refractivity contribution is 5.84. The number of hydroxylamine groups is 1. The Hall–Kier alpha value is -2.90. The van der Waals surface area contributed by atoms with E-state index in [1.54, 1.807) is 12.4 Å². The Bertz CT molecular complexity index is 1080. The van der Waals surface area contributed by atoms with E-state index in [4.69, 9.17) is 5.21 Å². The first-order chi connectivity index (χ1) is 16.0. The van der Waals surface area contributed by atoms with Crippen LogP contribution in [0.5, 0.6) is 0 Å². The van der Waals surface area contributed by atoms with E-state index < -0.39 is 0 Å². The first-order valence-corrected chi connectivity index (χ1v) is 11.9. The highest BCUT2D eigenvalue weighted by Crippen LogP contribution is 2.24. The first-order valence-electron chi connectivity index (χ1n) is 11.9. The molecule has 33 heavy (non-hydrogen) atoms. The number of rotatable bonds is 9. The van der Waals surface area contributed by atoms with Crippen LogP contribution in [0.2, 0.25) is 0 Å². The second kappa shape index (κ2) is 10.4. The lowest BCUT2D eigenvalue weighted by molar-refractivity contribution is 0.221. The number of aryl methyl sites for hydroxylation is 2. The minimum Gasteiger partial charge on any atom is -0.350 e. The molecule has 1 aromatic carbocycles. The monoisotopic (exact) mass is 448 g/mol. The van der Waals surface area contributed by atoms with Gasteiger partial charge in [0.1, 0.15) is 0 Å². The van der Waals surface area contributed by atoms with E-state index in [0.29, 0.717) is 17.2 Å². The summed E-state index contributed by atoms with van der Waals surface area (Å²) in [5.74, 6) is 1.45. The van der Waals surface area contributed by atoms with E-state index in [0.717, 1.165) is 57.9 Å². The molecule has 1 aliphatic rings. The lowest BCUT2D eigenvalue weighted by atomic mass is 9.96. The van der Waals surface area contributed by atoms with Gasteiger partial charge in [0, 0.05) is 68.3 Å². The highest BCUT2D eigenvalue weighted by atomic mass is 16.5. The number of benzene rings is 1. The fraction of sp³-hybridized carbons (Fsp3) is 0.462. The first kappa shape index (κ1) is 23.3. The standard InChI is InChI=1S/C26H36N6O/c1-5-31(11-10-22-18-30(4)25-7-6-19(2)14-24(22)25)17-21-8-12-32(13-9-21)26-27-15-23(16-28-26)20(3)29-33/h6-7,14-16,18,21,29,33H,3,5,8-13,17H2,1-2,4H3.